The molecule has 2 aliphatic heterocycles. The lowest BCUT2D eigenvalue weighted by atomic mass is 9.98. The van der Waals surface area contributed by atoms with Gasteiger partial charge in [0.05, 0.1) is 26.4 Å². The first-order valence-electron chi connectivity index (χ1n) is 16.5. The molecule has 0 radical (unpaired) electrons. The molecule has 11 atom stereocenters. The molecule has 13 nitrogen and oxygen atoms in total. The van der Waals surface area contributed by atoms with Crippen LogP contribution in [-0.4, -0.2) is 130 Å². The maximum absolute atomic E-state index is 11.2. The van der Waals surface area contributed by atoms with Crippen molar-refractivity contribution in [2.24, 2.45) is 0 Å². The highest BCUT2D eigenvalue weighted by Gasteiger charge is 2.47. The minimum atomic E-state index is -1.63. The molecule has 0 aromatic carbocycles. The molecule has 2 aliphatic rings. The molecule has 0 saturated carbocycles. The van der Waals surface area contributed by atoms with Gasteiger partial charge in [-0.05, 0) is 19.3 Å². The fraction of sp³-hybridized carbons (Fsp3) is 0.968. The third-order valence-electron chi connectivity index (χ3n) is 8.53. The zero-order valence-electron chi connectivity index (χ0n) is 26.5. The van der Waals surface area contributed by atoms with Crippen molar-refractivity contribution in [3.05, 3.63) is 0 Å². The first-order valence-corrected chi connectivity index (χ1v) is 16.5. The predicted octanol–water partition coefficient (Wildman–Crippen LogP) is 1.04. The van der Waals surface area contributed by atoms with Gasteiger partial charge in [-0.1, -0.05) is 77.6 Å². The second kappa shape index (κ2) is 21.8. The highest BCUT2D eigenvalue weighted by atomic mass is 16.7. The number of methoxy groups -OCH3 is 1. The van der Waals surface area contributed by atoms with Crippen LogP contribution in [0.4, 0.5) is 0 Å². The van der Waals surface area contributed by atoms with Crippen LogP contribution in [0.15, 0.2) is 0 Å². The van der Waals surface area contributed by atoms with Gasteiger partial charge in [0.2, 0.25) is 0 Å². The van der Waals surface area contributed by atoms with Gasteiger partial charge < -0.3 is 59.4 Å². The summed E-state index contributed by atoms with van der Waals surface area (Å²) in [6, 6.07) is 0. The topological polar surface area (TPSA) is 205 Å². The minimum absolute atomic E-state index is 0.162. The summed E-state index contributed by atoms with van der Waals surface area (Å²) in [5.74, 6) is -0.162. The summed E-state index contributed by atoms with van der Waals surface area (Å²) >= 11 is 0. The van der Waals surface area contributed by atoms with Crippen LogP contribution in [0.25, 0.3) is 0 Å². The second-order valence-electron chi connectivity index (χ2n) is 12.1. The first kappa shape index (κ1) is 39.2. The lowest BCUT2D eigenvalue weighted by Crippen LogP contribution is -2.62. The van der Waals surface area contributed by atoms with Gasteiger partial charge >= 0.3 is 5.97 Å². The Morgan fingerprint density at radius 2 is 1.16 bits per heavy atom. The Kier molecular flexibility index (Phi) is 19.4. The molecule has 44 heavy (non-hydrogen) atoms. The first-order chi connectivity index (χ1) is 21.1. The number of unbranched alkanes of at least 4 members (excludes halogenated alkanes) is 10. The number of aliphatic hydroxyl groups is 7. The van der Waals surface area contributed by atoms with Gasteiger partial charge in [0.15, 0.2) is 12.6 Å². The number of ether oxygens (including phenoxy) is 5. The Balaban J connectivity index is 1.85. The van der Waals surface area contributed by atoms with Crippen molar-refractivity contribution in [2.75, 3.05) is 20.3 Å². The molecule has 0 amide bonds. The molecule has 2 heterocycles. The van der Waals surface area contributed by atoms with Crippen LogP contribution in [0.3, 0.4) is 0 Å². The van der Waals surface area contributed by atoms with E-state index in [1.54, 1.807) is 0 Å². The number of esters is 1. The fourth-order valence-corrected chi connectivity index (χ4v) is 5.63. The number of carbonyl (C=O) groups excluding carboxylic acids is 1. The molecule has 2 fully saturated rings. The van der Waals surface area contributed by atoms with Crippen molar-refractivity contribution < 1.29 is 64.2 Å². The normalized spacial score (nSPS) is 33.3. The highest BCUT2D eigenvalue weighted by molar-refractivity contribution is 5.68. The molecule has 0 bridgehead atoms. The Labute approximate surface area is 261 Å². The molecule has 1 unspecified atom stereocenters. The summed E-state index contributed by atoms with van der Waals surface area (Å²) in [5.41, 5.74) is 0. The van der Waals surface area contributed by atoms with Gasteiger partial charge in [-0.15, -0.1) is 0 Å². The molecule has 0 spiro atoms. The Bertz CT molecular complexity index is 756. The Hall–Kier alpha value is -0.970. The summed E-state index contributed by atoms with van der Waals surface area (Å²) < 4.78 is 27.6. The Morgan fingerprint density at radius 3 is 1.73 bits per heavy atom. The molecule has 0 aromatic rings. The maximum atomic E-state index is 11.2. The van der Waals surface area contributed by atoms with E-state index in [0.717, 1.165) is 89.9 Å². The van der Waals surface area contributed by atoms with Crippen molar-refractivity contribution in [1.29, 1.82) is 0 Å². The number of hydrogen-bond acceptors (Lipinski definition) is 13. The average molecular weight is 639 g/mol. The van der Waals surface area contributed by atoms with E-state index in [-0.39, 0.29) is 12.1 Å². The van der Waals surface area contributed by atoms with Crippen molar-refractivity contribution in [1.82, 2.24) is 0 Å². The molecular weight excluding hydrogens is 580 g/mol. The molecule has 2 saturated heterocycles. The maximum Gasteiger partial charge on any atom is 0.305 e. The molecule has 0 aromatic heterocycles. The molecule has 13 heteroatoms. The summed E-state index contributed by atoms with van der Waals surface area (Å²) in [7, 11) is 1.41. The van der Waals surface area contributed by atoms with Gasteiger partial charge in [-0.25, -0.2) is 0 Å². The second-order valence-corrected chi connectivity index (χ2v) is 12.1. The van der Waals surface area contributed by atoms with Crippen LogP contribution in [0.2, 0.25) is 0 Å². The van der Waals surface area contributed by atoms with Crippen molar-refractivity contribution in [3.8, 4) is 0 Å². The van der Waals surface area contributed by atoms with E-state index >= 15 is 0 Å². The van der Waals surface area contributed by atoms with E-state index in [0.29, 0.717) is 6.42 Å². The van der Waals surface area contributed by atoms with E-state index < -0.39 is 74.6 Å². The molecular formula is C31H58O13. The number of aliphatic hydroxyl groups excluding tert-OH is 7. The highest BCUT2D eigenvalue weighted by Crippen LogP contribution is 2.28. The molecule has 260 valence electrons. The van der Waals surface area contributed by atoms with Gasteiger partial charge in [0.25, 0.3) is 0 Å². The zero-order chi connectivity index (χ0) is 32.5. The van der Waals surface area contributed by atoms with E-state index in [2.05, 4.69) is 11.7 Å². The van der Waals surface area contributed by atoms with Gasteiger partial charge in [0, 0.05) is 6.42 Å². The smallest absolute Gasteiger partial charge is 0.305 e. The average Bonchev–Trinajstić information content (AvgIpc) is 3.02. The largest absolute Gasteiger partial charge is 0.469 e. The van der Waals surface area contributed by atoms with Crippen molar-refractivity contribution >= 4 is 5.97 Å². The standard InChI is InChI=1S/C31H58O13/c1-3-4-5-12-15-20(16-13-10-8-6-7-9-11-14-17-23(33)40-2)42-31-29(39)27(37)25(35)22(44-31)19-41-30-28(38)26(36)24(34)21(18-32)43-30/h20-22,24-32,34-39H,3-19H2,1-2H3/t20?,21-,22-,24-,25-,26+,27+,28-,29-,30-,31-/m1/s1. The van der Waals surface area contributed by atoms with Crippen LogP contribution < -0.4 is 0 Å². The number of hydrogen-bond donors (Lipinski definition) is 7. The zero-order valence-corrected chi connectivity index (χ0v) is 26.5. The van der Waals surface area contributed by atoms with Crippen LogP contribution >= 0.6 is 0 Å². The Morgan fingerprint density at radius 1 is 0.659 bits per heavy atom. The summed E-state index contributed by atoms with van der Waals surface area (Å²) in [6.45, 7) is 1.13. The van der Waals surface area contributed by atoms with E-state index in [9.17, 15) is 40.5 Å². The molecule has 7 N–H and O–H groups in total. The van der Waals surface area contributed by atoms with E-state index in [1.807, 2.05) is 0 Å². The van der Waals surface area contributed by atoms with Crippen LogP contribution in [-0.2, 0) is 28.5 Å². The lowest BCUT2D eigenvalue weighted by Gasteiger charge is -2.43. The van der Waals surface area contributed by atoms with Crippen LogP contribution in [0.1, 0.15) is 103 Å². The van der Waals surface area contributed by atoms with Gasteiger partial charge in [-0.3, -0.25) is 4.79 Å². The third kappa shape index (κ3) is 13.0. The van der Waals surface area contributed by atoms with Gasteiger partial charge in [0.1, 0.15) is 48.8 Å². The SMILES string of the molecule is CCCCCCC(CCCCCCCCCCC(=O)OC)O[C@@H]1O[C@H](CO[C@@H]2O[C@H](CO)[C@@H](O)[C@H](O)[C@H]2O)[C@@H](O)[C@H](O)[C@H]1O. The molecule has 0 aliphatic carbocycles. The minimum Gasteiger partial charge on any atom is -0.469 e. The summed E-state index contributed by atoms with van der Waals surface area (Å²) in [6.07, 6.45) is -0.172. The number of carbonyl (C=O) groups is 1. The van der Waals surface area contributed by atoms with Gasteiger partial charge in [-0.2, -0.15) is 0 Å². The monoisotopic (exact) mass is 638 g/mol. The summed E-state index contributed by atoms with van der Waals surface area (Å²) in [5, 5.41) is 71.4. The molecule has 2 rings (SSSR count). The number of rotatable bonds is 22. The lowest BCUT2D eigenvalue weighted by molar-refractivity contribution is -0.336. The fourth-order valence-electron chi connectivity index (χ4n) is 5.63. The van der Waals surface area contributed by atoms with E-state index in [1.165, 1.54) is 7.11 Å². The van der Waals surface area contributed by atoms with E-state index in [4.69, 9.17) is 18.9 Å². The third-order valence-corrected chi connectivity index (χ3v) is 8.53. The quantitative estimate of drug-likeness (QED) is 0.0655. The predicted molar refractivity (Wildman–Crippen MR) is 158 cm³/mol. The van der Waals surface area contributed by atoms with Crippen molar-refractivity contribution in [2.45, 2.75) is 171 Å². The van der Waals surface area contributed by atoms with Crippen LogP contribution in [0, 0.1) is 0 Å². The summed E-state index contributed by atoms with van der Waals surface area (Å²) in [4.78, 5) is 11.2. The van der Waals surface area contributed by atoms with Crippen LogP contribution in [0.5, 0.6) is 0 Å². The van der Waals surface area contributed by atoms with Crippen molar-refractivity contribution in [3.63, 3.8) is 0 Å².